The fourth-order valence-electron chi connectivity index (χ4n) is 3.36. The second-order valence-electron chi connectivity index (χ2n) is 6.24. The van der Waals surface area contributed by atoms with E-state index in [2.05, 4.69) is 12.2 Å². The third-order valence-corrected chi connectivity index (χ3v) is 4.60. The smallest absolute Gasteiger partial charge is 0.262 e. The van der Waals surface area contributed by atoms with Gasteiger partial charge < -0.3 is 0 Å². The lowest BCUT2D eigenvalue weighted by atomic mass is 9.98. The molecule has 1 N–H and O–H groups in total. The quantitative estimate of drug-likeness (QED) is 0.660. The minimum Gasteiger partial charge on any atom is -0.295 e. The average Bonchev–Trinajstić information content (AvgIpc) is 2.81. The highest BCUT2D eigenvalue weighted by atomic mass is 16.2. The molecule has 0 aliphatic carbocycles. The zero-order valence-corrected chi connectivity index (χ0v) is 13.6. The van der Waals surface area contributed by atoms with Crippen LogP contribution in [0, 0.1) is 0 Å². The van der Waals surface area contributed by atoms with Gasteiger partial charge in [-0.25, -0.2) is 0 Å². The van der Waals surface area contributed by atoms with Crippen molar-refractivity contribution in [3.8, 4) is 0 Å². The Bertz CT molecular complexity index is 726. The van der Waals surface area contributed by atoms with Gasteiger partial charge in [0.15, 0.2) is 0 Å². The molecule has 0 saturated carbocycles. The molecule has 1 unspecified atom stereocenters. The molecule has 6 heteroatoms. The van der Waals surface area contributed by atoms with Crippen LogP contribution in [0.1, 0.15) is 65.3 Å². The van der Waals surface area contributed by atoms with E-state index in [-0.39, 0.29) is 18.7 Å². The maximum Gasteiger partial charge on any atom is 0.262 e. The molecule has 1 aromatic carbocycles. The molecule has 4 amide bonds. The SMILES string of the molecule is CCCCCc1cccc2c1C(=O)N(C1CCC(=O)NC1=O)C2=O. The molecule has 0 radical (unpaired) electrons. The van der Waals surface area contributed by atoms with Crippen LogP contribution in [0.25, 0.3) is 0 Å². The first-order valence-corrected chi connectivity index (χ1v) is 8.38. The molecular weight excluding hydrogens is 308 g/mol. The predicted octanol–water partition coefficient (Wildman–Crippen LogP) is 1.82. The van der Waals surface area contributed by atoms with Crippen LogP contribution in [0.2, 0.25) is 0 Å². The van der Waals surface area contributed by atoms with E-state index >= 15 is 0 Å². The van der Waals surface area contributed by atoms with Gasteiger partial charge in [-0.1, -0.05) is 31.9 Å². The summed E-state index contributed by atoms with van der Waals surface area (Å²) in [5.41, 5.74) is 1.64. The van der Waals surface area contributed by atoms with Gasteiger partial charge in [-0.3, -0.25) is 29.4 Å². The van der Waals surface area contributed by atoms with Gasteiger partial charge in [-0.15, -0.1) is 0 Å². The Labute approximate surface area is 140 Å². The molecule has 126 valence electrons. The van der Waals surface area contributed by atoms with E-state index in [4.69, 9.17) is 0 Å². The Morgan fingerprint density at radius 2 is 1.92 bits per heavy atom. The van der Waals surface area contributed by atoms with Crippen molar-refractivity contribution < 1.29 is 19.2 Å². The number of aryl methyl sites for hydroxylation is 1. The number of nitrogens with one attached hydrogen (secondary N) is 1. The maximum absolute atomic E-state index is 12.8. The maximum atomic E-state index is 12.8. The van der Waals surface area contributed by atoms with Crippen molar-refractivity contribution >= 4 is 23.6 Å². The second-order valence-corrected chi connectivity index (χ2v) is 6.24. The van der Waals surface area contributed by atoms with Crippen LogP contribution in [0.5, 0.6) is 0 Å². The lowest BCUT2D eigenvalue weighted by Gasteiger charge is -2.27. The minimum atomic E-state index is -0.904. The fourth-order valence-corrected chi connectivity index (χ4v) is 3.36. The zero-order chi connectivity index (χ0) is 17.3. The fraction of sp³-hybridized carbons (Fsp3) is 0.444. The number of piperidine rings is 1. The molecule has 1 saturated heterocycles. The summed E-state index contributed by atoms with van der Waals surface area (Å²) in [6.45, 7) is 2.11. The summed E-state index contributed by atoms with van der Waals surface area (Å²) in [5.74, 6) is -1.81. The Morgan fingerprint density at radius 3 is 2.62 bits per heavy atom. The van der Waals surface area contributed by atoms with Crippen LogP contribution in [0.4, 0.5) is 0 Å². The van der Waals surface area contributed by atoms with E-state index in [9.17, 15) is 19.2 Å². The number of nitrogens with zero attached hydrogens (tertiary/aromatic N) is 1. The van der Waals surface area contributed by atoms with Crippen LogP contribution in [0.15, 0.2) is 18.2 Å². The molecular formula is C18H20N2O4. The number of hydrogen-bond donors (Lipinski definition) is 1. The first-order valence-electron chi connectivity index (χ1n) is 8.38. The zero-order valence-electron chi connectivity index (χ0n) is 13.6. The topological polar surface area (TPSA) is 83.6 Å². The molecule has 1 fully saturated rings. The Kier molecular flexibility index (Phi) is 4.46. The third kappa shape index (κ3) is 2.72. The Balaban J connectivity index is 1.89. The van der Waals surface area contributed by atoms with Crippen LogP contribution in [-0.2, 0) is 16.0 Å². The van der Waals surface area contributed by atoms with Crippen molar-refractivity contribution in [3.63, 3.8) is 0 Å². The van der Waals surface area contributed by atoms with Gasteiger partial charge in [0.25, 0.3) is 11.8 Å². The summed E-state index contributed by atoms with van der Waals surface area (Å²) in [4.78, 5) is 49.9. The van der Waals surface area contributed by atoms with Gasteiger partial charge in [-0.2, -0.15) is 0 Å². The Morgan fingerprint density at radius 1 is 1.12 bits per heavy atom. The number of benzene rings is 1. The Hall–Kier alpha value is -2.50. The number of hydrogen-bond acceptors (Lipinski definition) is 4. The van der Waals surface area contributed by atoms with Crippen LogP contribution in [0.3, 0.4) is 0 Å². The highest BCUT2D eigenvalue weighted by molar-refractivity contribution is 6.24. The predicted molar refractivity (Wildman–Crippen MR) is 86.3 cm³/mol. The van der Waals surface area contributed by atoms with Gasteiger partial charge >= 0.3 is 0 Å². The molecule has 24 heavy (non-hydrogen) atoms. The van der Waals surface area contributed by atoms with Crippen molar-refractivity contribution in [2.75, 3.05) is 0 Å². The van der Waals surface area contributed by atoms with Crippen molar-refractivity contribution in [1.29, 1.82) is 0 Å². The first kappa shape index (κ1) is 16.4. The number of carbonyl (C=O) groups is 4. The molecule has 2 aliphatic heterocycles. The minimum absolute atomic E-state index is 0.132. The van der Waals surface area contributed by atoms with E-state index in [0.29, 0.717) is 11.1 Å². The number of unbranched alkanes of at least 4 members (excludes halogenated alkanes) is 2. The molecule has 0 aromatic heterocycles. The first-order chi connectivity index (χ1) is 11.5. The highest BCUT2D eigenvalue weighted by Crippen LogP contribution is 2.30. The van der Waals surface area contributed by atoms with Crippen molar-refractivity contribution in [3.05, 3.63) is 34.9 Å². The lowest BCUT2D eigenvalue weighted by Crippen LogP contribution is -2.54. The monoisotopic (exact) mass is 328 g/mol. The highest BCUT2D eigenvalue weighted by Gasteiger charge is 2.45. The van der Waals surface area contributed by atoms with Gasteiger partial charge in [0.1, 0.15) is 6.04 Å². The molecule has 3 rings (SSSR count). The third-order valence-electron chi connectivity index (χ3n) is 4.60. The molecule has 1 aromatic rings. The molecule has 0 spiro atoms. The number of amides is 4. The summed E-state index contributed by atoms with van der Waals surface area (Å²) >= 11 is 0. The van der Waals surface area contributed by atoms with Crippen molar-refractivity contribution in [2.24, 2.45) is 0 Å². The van der Waals surface area contributed by atoms with Crippen molar-refractivity contribution in [1.82, 2.24) is 10.2 Å². The number of fused-ring (bicyclic) bond motifs is 1. The molecule has 2 heterocycles. The van der Waals surface area contributed by atoms with E-state index in [1.807, 2.05) is 6.07 Å². The summed E-state index contributed by atoms with van der Waals surface area (Å²) < 4.78 is 0. The summed E-state index contributed by atoms with van der Waals surface area (Å²) in [5, 5.41) is 2.21. The van der Waals surface area contributed by atoms with Gasteiger partial charge in [0.05, 0.1) is 11.1 Å². The molecule has 6 nitrogen and oxygen atoms in total. The van der Waals surface area contributed by atoms with Crippen LogP contribution < -0.4 is 5.32 Å². The number of imide groups is 2. The standard InChI is InChI=1S/C18H20N2O4/c1-2-3-4-6-11-7-5-8-12-15(11)18(24)20(17(12)23)13-9-10-14(21)19-16(13)22/h5,7-8,13H,2-4,6,9-10H2,1H3,(H,19,21,22). The van der Waals surface area contributed by atoms with Crippen molar-refractivity contribution in [2.45, 2.75) is 51.5 Å². The summed E-state index contributed by atoms with van der Waals surface area (Å²) in [7, 11) is 0. The molecule has 1 atom stereocenters. The van der Waals surface area contributed by atoms with Gasteiger partial charge in [0, 0.05) is 6.42 Å². The average molecular weight is 328 g/mol. The number of rotatable bonds is 5. The summed E-state index contributed by atoms with van der Waals surface area (Å²) in [6, 6.07) is 4.37. The van der Waals surface area contributed by atoms with E-state index in [1.54, 1.807) is 12.1 Å². The molecule has 0 bridgehead atoms. The molecule has 2 aliphatic rings. The van der Waals surface area contributed by atoms with Gasteiger partial charge in [0.2, 0.25) is 11.8 Å². The second kappa shape index (κ2) is 6.55. The van der Waals surface area contributed by atoms with Gasteiger partial charge in [-0.05, 0) is 30.9 Å². The number of carbonyl (C=O) groups excluding carboxylic acids is 4. The van der Waals surface area contributed by atoms with E-state index in [1.165, 1.54) is 0 Å². The summed E-state index contributed by atoms with van der Waals surface area (Å²) in [6.07, 6.45) is 4.13. The lowest BCUT2D eigenvalue weighted by molar-refractivity contribution is -0.136. The van der Waals surface area contributed by atoms with Crippen LogP contribution in [-0.4, -0.2) is 34.6 Å². The van der Waals surface area contributed by atoms with Crippen LogP contribution >= 0.6 is 0 Å². The largest absolute Gasteiger partial charge is 0.295 e. The normalized spacial score (nSPS) is 20.4. The van der Waals surface area contributed by atoms with E-state index < -0.39 is 23.8 Å². The van der Waals surface area contributed by atoms with E-state index in [0.717, 1.165) is 36.1 Å².